The van der Waals surface area contributed by atoms with Crippen LogP contribution >= 0.6 is 0 Å². The Bertz CT molecular complexity index is 147. The number of ether oxygens (including phenoxy) is 2. The molecule has 1 saturated heterocycles. The smallest absolute Gasteiger partial charge is 0.0671 e. The average Bonchev–Trinajstić information content (AvgIpc) is 2.28. The van der Waals surface area contributed by atoms with Gasteiger partial charge in [-0.15, -0.1) is 0 Å². The van der Waals surface area contributed by atoms with Crippen molar-refractivity contribution in [1.29, 1.82) is 0 Å². The Balaban J connectivity index is 1.97. The summed E-state index contributed by atoms with van der Waals surface area (Å²) in [4.78, 5) is 0. The minimum Gasteiger partial charge on any atom is -0.381 e. The van der Waals surface area contributed by atoms with Crippen LogP contribution in [0.5, 0.6) is 0 Å². The van der Waals surface area contributed by atoms with E-state index in [4.69, 9.17) is 9.47 Å². The molecule has 1 fully saturated rings. The van der Waals surface area contributed by atoms with E-state index in [2.05, 4.69) is 19.2 Å². The van der Waals surface area contributed by atoms with Gasteiger partial charge < -0.3 is 14.8 Å². The van der Waals surface area contributed by atoms with Crippen molar-refractivity contribution in [3.05, 3.63) is 0 Å². The Hall–Kier alpha value is -0.120. The summed E-state index contributed by atoms with van der Waals surface area (Å²) in [6, 6.07) is 0. The summed E-state index contributed by atoms with van der Waals surface area (Å²) < 4.78 is 11.1. The molecule has 0 amide bonds. The molecule has 1 atom stereocenters. The van der Waals surface area contributed by atoms with Crippen LogP contribution in [0.4, 0.5) is 0 Å². The second kappa shape index (κ2) is 8.08. The molecule has 0 radical (unpaired) electrons. The van der Waals surface area contributed by atoms with Crippen LogP contribution in [-0.2, 0) is 9.47 Å². The van der Waals surface area contributed by atoms with Crippen molar-refractivity contribution < 1.29 is 9.47 Å². The summed E-state index contributed by atoms with van der Waals surface area (Å²) in [5.74, 6) is 0.715. The zero-order valence-electron chi connectivity index (χ0n) is 10.1. The molecule has 1 N–H and O–H groups in total. The second-order valence-corrected chi connectivity index (χ2v) is 4.40. The average molecular weight is 215 g/mol. The Morgan fingerprint density at radius 3 is 2.80 bits per heavy atom. The molecule has 0 saturated carbocycles. The zero-order chi connectivity index (χ0) is 10.9. The van der Waals surface area contributed by atoms with Gasteiger partial charge in [-0.25, -0.2) is 0 Å². The molecule has 0 spiro atoms. The summed E-state index contributed by atoms with van der Waals surface area (Å²) in [5, 5.41) is 3.37. The van der Waals surface area contributed by atoms with Crippen molar-refractivity contribution >= 4 is 0 Å². The van der Waals surface area contributed by atoms with Gasteiger partial charge in [0.2, 0.25) is 0 Å². The Morgan fingerprint density at radius 2 is 2.13 bits per heavy atom. The Morgan fingerprint density at radius 1 is 1.40 bits per heavy atom. The fourth-order valence-corrected chi connectivity index (χ4v) is 1.75. The van der Waals surface area contributed by atoms with E-state index in [0.29, 0.717) is 12.0 Å². The summed E-state index contributed by atoms with van der Waals surface area (Å²) in [6.45, 7) is 9.11. The van der Waals surface area contributed by atoms with Crippen LogP contribution in [0, 0.1) is 5.92 Å². The van der Waals surface area contributed by atoms with Crippen molar-refractivity contribution in [1.82, 2.24) is 5.32 Å². The third-order valence-corrected chi connectivity index (χ3v) is 2.82. The summed E-state index contributed by atoms with van der Waals surface area (Å²) in [5.41, 5.74) is 0. The Kier molecular flexibility index (Phi) is 6.98. The summed E-state index contributed by atoms with van der Waals surface area (Å²) in [7, 11) is 0. The highest BCUT2D eigenvalue weighted by Crippen LogP contribution is 2.15. The van der Waals surface area contributed by atoms with Gasteiger partial charge in [0.15, 0.2) is 0 Å². The van der Waals surface area contributed by atoms with Crippen molar-refractivity contribution in [2.75, 3.05) is 32.9 Å². The lowest BCUT2D eigenvalue weighted by Crippen LogP contribution is -2.30. The van der Waals surface area contributed by atoms with Crippen LogP contribution in [0.3, 0.4) is 0 Å². The molecule has 3 heteroatoms. The van der Waals surface area contributed by atoms with E-state index in [1.807, 2.05) is 0 Å². The van der Waals surface area contributed by atoms with Gasteiger partial charge in [-0.1, -0.05) is 6.92 Å². The van der Waals surface area contributed by atoms with Crippen molar-refractivity contribution in [3.63, 3.8) is 0 Å². The largest absolute Gasteiger partial charge is 0.381 e. The van der Waals surface area contributed by atoms with E-state index >= 15 is 0 Å². The molecule has 0 aromatic rings. The molecule has 15 heavy (non-hydrogen) atoms. The fraction of sp³-hybridized carbons (Fsp3) is 1.00. The van der Waals surface area contributed by atoms with E-state index in [1.54, 1.807) is 0 Å². The molecule has 1 aliphatic heterocycles. The van der Waals surface area contributed by atoms with Gasteiger partial charge in [0, 0.05) is 26.4 Å². The maximum absolute atomic E-state index is 5.81. The molecular formula is C12H25NO2. The third kappa shape index (κ3) is 6.13. The minimum absolute atomic E-state index is 0.333. The second-order valence-electron chi connectivity index (χ2n) is 4.40. The van der Waals surface area contributed by atoms with E-state index in [1.165, 1.54) is 6.42 Å². The van der Waals surface area contributed by atoms with Crippen LogP contribution in [0.15, 0.2) is 0 Å². The number of nitrogens with one attached hydrogen (secondary N) is 1. The first-order chi connectivity index (χ1) is 7.33. The Labute approximate surface area is 93.5 Å². The highest BCUT2D eigenvalue weighted by atomic mass is 16.5. The lowest BCUT2D eigenvalue weighted by molar-refractivity contribution is -0.00425. The van der Waals surface area contributed by atoms with Gasteiger partial charge in [-0.05, 0) is 38.6 Å². The van der Waals surface area contributed by atoms with E-state index in [0.717, 1.165) is 45.8 Å². The van der Waals surface area contributed by atoms with Gasteiger partial charge in [0.25, 0.3) is 0 Å². The van der Waals surface area contributed by atoms with Crippen LogP contribution < -0.4 is 5.32 Å². The predicted molar refractivity (Wildman–Crippen MR) is 62.1 cm³/mol. The normalized spacial score (nSPS) is 20.4. The molecular weight excluding hydrogens is 190 g/mol. The third-order valence-electron chi connectivity index (χ3n) is 2.82. The van der Waals surface area contributed by atoms with Gasteiger partial charge in [0.05, 0.1) is 6.10 Å². The molecule has 0 bridgehead atoms. The van der Waals surface area contributed by atoms with Crippen LogP contribution in [0.25, 0.3) is 0 Å². The summed E-state index contributed by atoms with van der Waals surface area (Å²) >= 11 is 0. The van der Waals surface area contributed by atoms with E-state index in [9.17, 15) is 0 Å². The number of hydrogen-bond donors (Lipinski definition) is 1. The van der Waals surface area contributed by atoms with E-state index < -0.39 is 0 Å². The lowest BCUT2D eigenvalue weighted by atomic mass is 10.0. The van der Waals surface area contributed by atoms with Gasteiger partial charge in [0.1, 0.15) is 0 Å². The van der Waals surface area contributed by atoms with Gasteiger partial charge >= 0.3 is 0 Å². The van der Waals surface area contributed by atoms with Crippen LogP contribution in [0.1, 0.15) is 33.1 Å². The quantitative estimate of drug-likeness (QED) is 0.657. The maximum Gasteiger partial charge on any atom is 0.0671 e. The highest BCUT2D eigenvalue weighted by Gasteiger charge is 2.14. The molecule has 0 aromatic carbocycles. The molecule has 3 nitrogen and oxygen atoms in total. The fourth-order valence-electron chi connectivity index (χ4n) is 1.75. The number of rotatable bonds is 7. The first-order valence-electron chi connectivity index (χ1n) is 6.23. The molecule has 0 aromatic heterocycles. The van der Waals surface area contributed by atoms with Crippen LogP contribution in [-0.4, -0.2) is 39.0 Å². The first-order valence-corrected chi connectivity index (χ1v) is 6.23. The summed E-state index contributed by atoms with van der Waals surface area (Å²) in [6.07, 6.45) is 3.84. The lowest BCUT2D eigenvalue weighted by Gasteiger charge is -2.23. The maximum atomic E-state index is 5.81. The molecule has 0 aliphatic carbocycles. The molecule has 1 heterocycles. The predicted octanol–water partition coefficient (Wildman–Crippen LogP) is 1.82. The van der Waals surface area contributed by atoms with Gasteiger partial charge in [-0.2, -0.15) is 0 Å². The molecule has 1 aliphatic rings. The molecule has 90 valence electrons. The van der Waals surface area contributed by atoms with Crippen LogP contribution in [0.2, 0.25) is 0 Å². The zero-order valence-corrected chi connectivity index (χ0v) is 10.1. The van der Waals surface area contributed by atoms with E-state index in [-0.39, 0.29) is 0 Å². The monoisotopic (exact) mass is 215 g/mol. The molecule has 1 rings (SSSR count). The van der Waals surface area contributed by atoms with Crippen molar-refractivity contribution in [2.45, 2.75) is 39.2 Å². The van der Waals surface area contributed by atoms with Gasteiger partial charge in [-0.3, -0.25) is 0 Å². The van der Waals surface area contributed by atoms with Crippen molar-refractivity contribution in [2.24, 2.45) is 5.92 Å². The SMILES string of the molecule is CCCNCC(C)OCC1CCOCC1. The first kappa shape index (κ1) is 12.9. The standard InChI is InChI=1S/C12H25NO2/c1-3-6-13-9-11(2)15-10-12-4-7-14-8-5-12/h11-13H,3-10H2,1-2H3. The molecule has 1 unspecified atom stereocenters. The number of hydrogen-bond acceptors (Lipinski definition) is 3. The minimum atomic E-state index is 0.333. The highest BCUT2D eigenvalue weighted by molar-refractivity contribution is 4.64. The topological polar surface area (TPSA) is 30.5 Å². The van der Waals surface area contributed by atoms with Crippen molar-refractivity contribution in [3.8, 4) is 0 Å².